The molecule has 3 heteroatoms. The summed E-state index contributed by atoms with van der Waals surface area (Å²) in [4.78, 5) is 2.68. The summed E-state index contributed by atoms with van der Waals surface area (Å²) >= 11 is 0. The van der Waals surface area contributed by atoms with Gasteiger partial charge in [0.05, 0.1) is 6.61 Å². The van der Waals surface area contributed by atoms with Gasteiger partial charge < -0.3 is 10.1 Å². The molecule has 19 heavy (non-hydrogen) atoms. The van der Waals surface area contributed by atoms with Gasteiger partial charge in [-0.05, 0) is 25.2 Å². The third kappa shape index (κ3) is 4.17. The van der Waals surface area contributed by atoms with Gasteiger partial charge in [0.2, 0.25) is 0 Å². The number of piperazine rings is 1. The summed E-state index contributed by atoms with van der Waals surface area (Å²) in [6.45, 7) is 18.7. The van der Waals surface area contributed by atoms with E-state index in [-0.39, 0.29) is 0 Å². The minimum Gasteiger partial charge on any atom is -0.380 e. The standard InChI is InChI=1S/C16H34N2O/c1-7-16(8-2)13-17-14(15(4,5)6)12-18(16)10-11-19-9-3/h14,17H,7-13H2,1-6H3. The summed E-state index contributed by atoms with van der Waals surface area (Å²) in [5.41, 5.74) is 0.635. The maximum absolute atomic E-state index is 5.58. The van der Waals surface area contributed by atoms with E-state index < -0.39 is 0 Å². The van der Waals surface area contributed by atoms with Crippen LogP contribution in [0.2, 0.25) is 0 Å². The molecule has 0 aromatic carbocycles. The van der Waals surface area contributed by atoms with Crippen molar-refractivity contribution in [1.29, 1.82) is 0 Å². The first-order chi connectivity index (χ1) is 8.89. The maximum atomic E-state index is 5.58. The Kier molecular flexibility index (Phi) is 6.28. The van der Waals surface area contributed by atoms with Crippen LogP contribution < -0.4 is 5.32 Å². The molecule has 1 aliphatic rings. The van der Waals surface area contributed by atoms with Crippen LogP contribution in [0, 0.1) is 5.41 Å². The van der Waals surface area contributed by atoms with E-state index in [0.29, 0.717) is 17.0 Å². The first-order valence-corrected chi connectivity index (χ1v) is 7.95. The van der Waals surface area contributed by atoms with Crippen molar-refractivity contribution in [2.75, 3.05) is 32.8 Å². The Hall–Kier alpha value is -0.120. The minimum absolute atomic E-state index is 0.317. The average molecular weight is 270 g/mol. The van der Waals surface area contributed by atoms with Crippen LogP contribution >= 0.6 is 0 Å². The van der Waals surface area contributed by atoms with Crippen molar-refractivity contribution in [2.45, 2.75) is 66.0 Å². The van der Waals surface area contributed by atoms with E-state index >= 15 is 0 Å². The summed E-state index contributed by atoms with van der Waals surface area (Å²) in [5, 5.41) is 3.79. The molecule has 0 radical (unpaired) electrons. The second-order valence-corrected chi connectivity index (χ2v) is 6.87. The molecule has 1 unspecified atom stereocenters. The highest BCUT2D eigenvalue weighted by Gasteiger charge is 2.41. The lowest BCUT2D eigenvalue weighted by atomic mass is 9.80. The highest BCUT2D eigenvalue weighted by atomic mass is 16.5. The number of hydrogen-bond acceptors (Lipinski definition) is 3. The van der Waals surface area contributed by atoms with Gasteiger partial charge in [-0.1, -0.05) is 34.6 Å². The first kappa shape index (κ1) is 16.9. The van der Waals surface area contributed by atoms with Crippen LogP contribution in [0.5, 0.6) is 0 Å². The van der Waals surface area contributed by atoms with E-state index in [0.717, 1.165) is 32.8 Å². The van der Waals surface area contributed by atoms with Gasteiger partial charge in [0.15, 0.2) is 0 Å². The summed E-state index contributed by atoms with van der Waals surface area (Å²) in [6, 6.07) is 0.570. The Balaban J connectivity index is 2.74. The van der Waals surface area contributed by atoms with Gasteiger partial charge in [-0.15, -0.1) is 0 Å². The van der Waals surface area contributed by atoms with Crippen molar-refractivity contribution < 1.29 is 4.74 Å². The molecule has 3 nitrogen and oxygen atoms in total. The summed E-state index contributed by atoms with van der Waals surface area (Å²) in [6.07, 6.45) is 2.42. The molecule has 0 saturated carbocycles. The molecule has 1 heterocycles. The summed E-state index contributed by atoms with van der Waals surface area (Å²) in [5.74, 6) is 0. The zero-order valence-electron chi connectivity index (χ0n) is 13.9. The van der Waals surface area contributed by atoms with Gasteiger partial charge in [0.25, 0.3) is 0 Å². The predicted molar refractivity (Wildman–Crippen MR) is 82.6 cm³/mol. The molecule has 1 N–H and O–H groups in total. The van der Waals surface area contributed by atoms with Crippen LogP contribution in [0.4, 0.5) is 0 Å². The molecule has 0 spiro atoms. The molecule has 0 bridgehead atoms. The normalized spacial score (nSPS) is 24.6. The molecular formula is C16H34N2O. The fourth-order valence-electron chi connectivity index (χ4n) is 3.08. The van der Waals surface area contributed by atoms with Crippen molar-refractivity contribution >= 4 is 0 Å². The Morgan fingerprint density at radius 2 is 1.84 bits per heavy atom. The fourth-order valence-corrected chi connectivity index (χ4v) is 3.08. The Morgan fingerprint density at radius 1 is 1.21 bits per heavy atom. The van der Waals surface area contributed by atoms with Crippen molar-refractivity contribution in [3.8, 4) is 0 Å². The monoisotopic (exact) mass is 270 g/mol. The van der Waals surface area contributed by atoms with Crippen LogP contribution in [-0.2, 0) is 4.74 Å². The van der Waals surface area contributed by atoms with Crippen LogP contribution in [-0.4, -0.2) is 49.3 Å². The van der Waals surface area contributed by atoms with Crippen LogP contribution in [0.1, 0.15) is 54.4 Å². The molecule has 0 aromatic heterocycles. The first-order valence-electron chi connectivity index (χ1n) is 7.95. The number of nitrogens with zero attached hydrogens (tertiary/aromatic N) is 1. The molecule has 0 aromatic rings. The van der Waals surface area contributed by atoms with Crippen LogP contribution in [0.25, 0.3) is 0 Å². The van der Waals surface area contributed by atoms with Crippen molar-refractivity contribution in [3.05, 3.63) is 0 Å². The maximum Gasteiger partial charge on any atom is 0.0593 e. The van der Waals surface area contributed by atoms with Gasteiger partial charge in [0.1, 0.15) is 0 Å². The Bertz CT molecular complexity index is 256. The second kappa shape index (κ2) is 7.05. The highest BCUT2D eigenvalue weighted by molar-refractivity contribution is 5.00. The second-order valence-electron chi connectivity index (χ2n) is 6.87. The van der Waals surface area contributed by atoms with Crippen molar-refractivity contribution in [3.63, 3.8) is 0 Å². The van der Waals surface area contributed by atoms with E-state index in [4.69, 9.17) is 4.74 Å². The van der Waals surface area contributed by atoms with Crippen LogP contribution in [0.15, 0.2) is 0 Å². The SMILES string of the molecule is CCOCCN1CC(C(C)(C)C)NCC1(CC)CC. The van der Waals surface area contributed by atoms with E-state index in [2.05, 4.69) is 51.8 Å². The molecule has 0 amide bonds. The molecule has 1 atom stereocenters. The van der Waals surface area contributed by atoms with Crippen molar-refractivity contribution in [1.82, 2.24) is 10.2 Å². The zero-order valence-corrected chi connectivity index (χ0v) is 13.9. The molecule has 1 rings (SSSR count). The lowest BCUT2D eigenvalue weighted by molar-refractivity contribution is -0.0113. The lowest BCUT2D eigenvalue weighted by Crippen LogP contribution is -2.67. The van der Waals surface area contributed by atoms with Gasteiger partial charge in [-0.2, -0.15) is 0 Å². The lowest BCUT2D eigenvalue weighted by Gasteiger charge is -2.52. The largest absolute Gasteiger partial charge is 0.380 e. The number of nitrogens with one attached hydrogen (secondary N) is 1. The predicted octanol–water partition coefficient (Wildman–Crippen LogP) is 2.90. The Morgan fingerprint density at radius 3 is 2.32 bits per heavy atom. The average Bonchev–Trinajstić information content (AvgIpc) is 2.38. The third-order valence-corrected chi connectivity index (χ3v) is 4.82. The molecular weight excluding hydrogens is 236 g/mol. The summed E-state index contributed by atoms with van der Waals surface area (Å²) in [7, 11) is 0. The van der Waals surface area contributed by atoms with Gasteiger partial charge in [0, 0.05) is 37.8 Å². The van der Waals surface area contributed by atoms with Gasteiger partial charge in [-0.25, -0.2) is 0 Å². The minimum atomic E-state index is 0.317. The van der Waals surface area contributed by atoms with Gasteiger partial charge >= 0.3 is 0 Å². The fraction of sp³-hybridized carbons (Fsp3) is 1.00. The van der Waals surface area contributed by atoms with E-state index in [9.17, 15) is 0 Å². The molecule has 114 valence electrons. The number of ether oxygens (including phenoxy) is 1. The molecule has 1 saturated heterocycles. The van der Waals surface area contributed by atoms with E-state index in [1.54, 1.807) is 0 Å². The number of hydrogen-bond donors (Lipinski definition) is 1. The highest BCUT2D eigenvalue weighted by Crippen LogP contribution is 2.31. The molecule has 0 aliphatic carbocycles. The van der Waals surface area contributed by atoms with Gasteiger partial charge in [-0.3, -0.25) is 4.90 Å². The van der Waals surface area contributed by atoms with E-state index in [1.807, 2.05) is 0 Å². The quantitative estimate of drug-likeness (QED) is 0.751. The van der Waals surface area contributed by atoms with Crippen LogP contribution in [0.3, 0.4) is 0 Å². The zero-order chi connectivity index (χ0) is 14.5. The molecule has 1 aliphatic heterocycles. The smallest absolute Gasteiger partial charge is 0.0593 e. The summed E-state index contributed by atoms with van der Waals surface area (Å²) < 4.78 is 5.58. The Labute approximate surface area is 120 Å². The van der Waals surface area contributed by atoms with Crippen molar-refractivity contribution in [2.24, 2.45) is 5.41 Å². The molecule has 1 fully saturated rings. The number of rotatable bonds is 6. The van der Waals surface area contributed by atoms with E-state index in [1.165, 1.54) is 12.8 Å². The topological polar surface area (TPSA) is 24.5 Å². The third-order valence-electron chi connectivity index (χ3n) is 4.82.